The van der Waals surface area contributed by atoms with Crippen molar-refractivity contribution < 1.29 is 0 Å². The van der Waals surface area contributed by atoms with E-state index >= 15 is 0 Å². The molecule has 4 nitrogen and oxygen atoms in total. The molecule has 2 heterocycles. The maximum atomic E-state index is 4.69. The number of H-pyrrole nitrogens is 1. The number of aromatic amines is 1. The second-order valence-corrected chi connectivity index (χ2v) is 5.29. The summed E-state index contributed by atoms with van der Waals surface area (Å²) in [5.74, 6) is 2.84. The zero-order valence-corrected chi connectivity index (χ0v) is 9.74. The lowest BCUT2D eigenvalue weighted by Crippen LogP contribution is -2.07. The van der Waals surface area contributed by atoms with Crippen LogP contribution in [0.3, 0.4) is 0 Å². The normalized spacial score (nSPS) is 19.8. The SMILES string of the molecule is c1cc2c(NC3CC3)nc(CC3CC3)nc2[nH]1. The van der Waals surface area contributed by atoms with Crippen molar-refractivity contribution in [3.8, 4) is 0 Å². The molecule has 17 heavy (non-hydrogen) atoms. The van der Waals surface area contributed by atoms with Crippen LogP contribution in [0.2, 0.25) is 0 Å². The zero-order chi connectivity index (χ0) is 11.2. The summed E-state index contributed by atoms with van der Waals surface area (Å²) in [6, 6.07) is 2.69. The predicted octanol–water partition coefficient (Wildman–Crippen LogP) is 2.48. The first-order valence-corrected chi connectivity index (χ1v) is 6.49. The number of aromatic nitrogens is 3. The lowest BCUT2D eigenvalue weighted by molar-refractivity contribution is 0.775. The van der Waals surface area contributed by atoms with Crippen LogP contribution in [-0.2, 0) is 6.42 Å². The smallest absolute Gasteiger partial charge is 0.143 e. The van der Waals surface area contributed by atoms with Gasteiger partial charge in [0.1, 0.15) is 17.3 Å². The quantitative estimate of drug-likeness (QED) is 0.845. The second kappa shape index (κ2) is 3.45. The number of nitrogens with zero attached hydrogens (tertiary/aromatic N) is 2. The van der Waals surface area contributed by atoms with E-state index in [2.05, 4.69) is 21.4 Å². The van der Waals surface area contributed by atoms with Crippen molar-refractivity contribution in [3.63, 3.8) is 0 Å². The highest BCUT2D eigenvalue weighted by Gasteiger charge is 2.25. The molecule has 0 bridgehead atoms. The van der Waals surface area contributed by atoms with E-state index in [1.165, 1.54) is 25.7 Å². The molecule has 0 atom stereocenters. The molecule has 2 saturated carbocycles. The van der Waals surface area contributed by atoms with E-state index < -0.39 is 0 Å². The average Bonchev–Trinajstić information content (AvgIpc) is 3.21. The lowest BCUT2D eigenvalue weighted by Gasteiger charge is -2.07. The first kappa shape index (κ1) is 9.45. The molecule has 2 fully saturated rings. The molecule has 2 aromatic rings. The summed E-state index contributed by atoms with van der Waals surface area (Å²) in [6.07, 6.45) is 8.21. The molecule has 0 saturated heterocycles. The van der Waals surface area contributed by atoms with Crippen LogP contribution >= 0.6 is 0 Å². The van der Waals surface area contributed by atoms with Gasteiger partial charge in [0.2, 0.25) is 0 Å². The van der Waals surface area contributed by atoms with Crippen molar-refractivity contribution in [2.75, 3.05) is 5.32 Å². The van der Waals surface area contributed by atoms with Crippen LogP contribution < -0.4 is 5.32 Å². The van der Waals surface area contributed by atoms with E-state index in [0.717, 1.165) is 35.0 Å². The van der Waals surface area contributed by atoms with Crippen LogP contribution in [0.25, 0.3) is 11.0 Å². The van der Waals surface area contributed by atoms with Gasteiger partial charge in [0.25, 0.3) is 0 Å². The van der Waals surface area contributed by atoms with Gasteiger partial charge in [-0.25, -0.2) is 9.97 Å². The molecule has 2 N–H and O–H groups in total. The van der Waals surface area contributed by atoms with Crippen LogP contribution in [0.15, 0.2) is 12.3 Å². The zero-order valence-electron chi connectivity index (χ0n) is 9.74. The van der Waals surface area contributed by atoms with Crippen molar-refractivity contribution in [1.82, 2.24) is 15.0 Å². The maximum Gasteiger partial charge on any atom is 0.143 e. The fraction of sp³-hybridized carbons (Fsp3) is 0.538. The van der Waals surface area contributed by atoms with Crippen LogP contribution in [0.1, 0.15) is 31.5 Å². The Morgan fingerprint density at radius 2 is 2.12 bits per heavy atom. The highest BCUT2D eigenvalue weighted by molar-refractivity contribution is 5.87. The van der Waals surface area contributed by atoms with Crippen molar-refractivity contribution in [3.05, 3.63) is 18.1 Å². The van der Waals surface area contributed by atoms with E-state index in [0.29, 0.717) is 6.04 Å². The Morgan fingerprint density at radius 1 is 1.24 bits per heavy atom. The molecule has 0 amide bonds. The number of anilines is 1. The summed E-state index contributed by atoms with van der Waals surface area (Å²) in [5.41, 5.74) is 0.971. The molecule has 0 unspecified atom stereocenters. The maximum absolute atomic E-state index is 4.69. The monoisotopic (exact) mass is 228 g/mol. The third-order valence-electron chi connectivity index (χ3n) is 3.55. The summed E-state index contributed by atoms with van der Waals surface area (Å²) in [5, 5.41) is 4.63. The second-order valence-electron chi connectivity index (χ2n) is 5.29. The largest absolute Gasteiger partial charge is 0.367 e. The molecule has 2 aromatic heterocycles. The number of hydrogen-bond donors (Lipinski definition) is 2. The number of rotatable bonds is 4. The molecular formula is C13H16N4. The van der Waals surface area contributed by atoms with Gasteiger partial charge in [-0.15, -0.1) is 0 Å². The Labute approximate surface area is 99.9 Å². The fourth-order valence-electron chi connectivity index (χ4n) is 2.19. The van der Waals surface area contributed by atoms with Crippen LogP contribution in [-0.4, -0.2) is 21.0 Å². The third kappa shape index (κ3) is 1.88. The van der Waals surface area contributed by atoms with Gasteiger partial charge in [-0.2, -0.15) is 0 Å². The minimum absolute atomic E-state index is 0.636. The van der Waals surface area contributed by atoms with Crippen molar-refractivity contribution in [2.24, 2.45) is 5.92 Å². The predicted molar refractivity (Wildman–Crippen MR) is 67.0 cm³/mol. The Morgan fingerprint density at radius 3 is 2.88 bits per heavy atom. The number of hydrogen-bond acceptors (Lipinski definition) is 3. The third-order valence-corrected chi connectivity index (χ3v) is 3.55. The van der Waals surface area contributed by atoms with Gasteiger partial charge < -0.3 is 10.3 Å². The van der Waals surface area contributed by atoms with Crippen molar-refractivity contribution in [1.29, 1.82) is 0 Å². The number of nitrogens with one attached hydrogen (secondary N) is 2. The molecule has 4 heteroatoms. The van der Waals surface area contributed by atoms with Gasteiger partial charge in [0.05, 0.1) is 5.39 Å². The van der Waals surface area contributed by atoms with Crippen LogP contribution in [0.4, 0.5) is 5.82 Å². The molecule has 88 valence electrons. The molecule has 4 rings (SSSR count). The Bertz CT molecular complexity index is 552. The lowest BCUT2D eigenvalue weighted by atomic mass is 10.2. The fourth-order valence-corrected chi connectivity index (χ4v) is 2.19. The standard InChI is InChI=1S/C13H16N4/c1-2-8(1)7-11-16-12-10(5-6-14-12)13(17-11)15-9-3-4-9/h5-6,8-9H,1-4,7H2,(H2,14,15,16,17). The summed E-state index contributed by atoms with van der Waals surface area (Å²) in [6.45, 7) is 0. The first-order chi connectivity index (χ1) is 8.38. The van der Waals surface area contributed by atoms with Gasteiger partial charge >= 0.3 is 0 Å². The van der Waals surface area contributed by atoms with Crippen molar-refractivity contribution >= 4 is 16.9 Å². The van der Waals surface area contributed by atoms with Gasteiger partial charge in [-0.1, -0.05) is 0 Å². The van der Waals surface area contributed by atoms with Gasteiger partial charge in [-0.3, -0.25) is 0 Å². The average molecular weight is 228 g/mol. The molecule has 0 radical (unpaired) electrons. The minimum Gasteiger partial charge on any atom is -0.367 e. The Balaban J connectivity index is 1.73. The van der Waals surface area contributed by atoms with Gasteiger partial charge in [0, 0.05) is 18.7 Å². The molecule has 0 aliphatic heterocycles. The Kier molecular flexibility index (Phi) is 1.92. The minimum atomic E-state index is 0.636. The van der Waals surface area contributed by atoms with Crippen molar-refractivity contribution in [2.45, 2.75) is 38.1 Å². The summed E-state index contributed by atoms with van der Waals surface area (Å²) in [7, 11) is 0. The first-order valence-electron chi connectivity index (χ1n) is 6.49. The van der Waals surface area contributed by atoms with E-state index in [4.69, 9.17) is 4.98 Å². The van der Waals surface area contributed by atoms with E-state index in [1.807, 2.05) is 6.20 Å². The van der Waals surface area contributed by atoms with E-state index in [9.17, 15) is 0 Å². The van der Waals surface area contributed by atoms with Crippen LogP contribution in [0.5, 0.6) is 0 Å². The topological polar surface area (TPSA) is 53.6 Å². The molecule has 0 aromatic carbocycles. The highest BCUT2D eigenvalue weighted by Crippen LogP contribution is 2.33. The van der Waals surface area contributed by atoms with Gasteiger partial charge in [0.15, 0.2) is 0 Å². The molecule has 0 spiro atoms. The molecule has 2 aliphatic carbocycles. The Hall–Kier alpha value is -1.58. The summed E-state index contributed by atoms with van der Waals surface area (Å²) in [4.78, 5) is 12.5. The molecule has 2 aliphatic rings. The number of fused-ring (bicyclic) bond motifs is 1. The van der Waals surface area contributed by atoms with Gasteiger partial charge in [-0.05, 0) is 37.7 Å². The molecular weight excluding hydrogens is 212 g/mol. The van der Waals surface area contributed by atoms with E-state index in [-0.39, 0.29) is 0 Å². The van der Waals surface area contributed by atoms with Crippen LogP contribution in [0, 0.1) is 5.92 Å². The highest BCUT2D eigenvalue weighted by atomic mass is 15.1. The van der Waals surface area contributed by atoms with E-state index in [1.54, 1.807) is 0 Å². The summed E-state index contributed by atoms with van der Waals surface area (Å²) >= 11 is 0. The summed E-state index contributed by atoms with van der Waals surface area (Å²) < 4.78 is 0.